The number of aliphatic hydroxyl groups excluding tert-OH is 1. The number of sulfone groups is 1. The van der Waals surface area contributed by atoms with Crippen LogP contribution in [-0.2, 0) is 19.9 Å². The molecule has 0 radical (unpaired) electrons. The average molecular weight is 332 g/mol. The zero-order chi connectivity index (χ0) is 15.9. The summed E-state index contributed by atoms with van der Waals surface area (Å²) in [4.78, 5) is 3.65. The van der Waals surface area contributed by atoms with Crippen molar-refractivity contribution in [2.24, 2.45) is 0 Å². The van der Waals surface area contributed by atoms with Crippen LogP contribution in [0, 0.1) is 11.8 Å². The molecule has 1 heterocycles. The van der Waals surface area contributed by atoms with Gasteiger partial charge < -0.3 is 5.11 Å². The van der Waals surface area contributed by atoms with Gasteiger partial charge in [-0.05, 0) is 6.07 Å². The van der Waals surface area contributed by atoms with Gasteiger partial charge in [0, 0.05) is 30.3 Å². The topological polar surface area (TPSA) is 113 Å². The zero-order valence-corrected chi connectivity index (χ0v) is 13.0. The van der Waals surface area contributed by atoms with E-state index in [-0.39, 0.29) is 29.6 Å². The van der Waals surface area contributed by atoms with Gasteiger partial charge in [0.05, 0.1) is 5.75 Å². The number of nitrogens with one attached hydrogen (secondary N) is 1. The second kappa shape index (κ2) is 7.51. The summed E-state index contributed by atoms with van der Waals surface area (Å²) in [7, 11) is -7.08. The predicted octanol–water partition coefficient (Wildman–Crippen LogP) is -0.862. The largest absolute Gasteiger partial charge is 0.384 e. The van der Waals surface area contributed by atoms with Crippen LogP contribution in [0.2, 0.25) is 0 Å². The van der Waals surface area contributed by atoms with Crippen molar-refractivity contribution in [3.8, 4) is 11.8 Å². The van der Waals surface area contributed by atoms with Crippen molar-refractivity contribution >= 4 is 19.9 Å². The van der Waals surface area contributed by atoms with Gasteiger partial charge in [-0.3, -0.25) is 4.98 Å². The minimum atomic E-state index is -3.85. The number of aromatic nitrogens is 1. The fraction of sp³-hybridized carbons (Fsp3) is 0.417. The highest BCUT2D eigenvalue weighted by Crippen LogP contribution is 2.08. The first-order chi connectivity index (χ1) is 9.80. The molecule has 7 nitrogen and oxygen atoms in total. The smallest absolute Gasteiger partial charge is 0.242 e. The van der Waals surface area contributed by atoms with Crippen molar-refractivity contribution in [3.05, 3.63) is 24.0 Å². The van der Waals surface area contributed by atoms with Crippen LogP contribution in [0.15, 0.2) is 23.4 Å². The Bertz CT molecular complexity index is 745. The van der Waals surface area contributed by atoms with E-state index in [4.69, 9.17) is 5.11 Å². The van der Waals surface area contributed by atoms with E-state index in [1.807, 2.05) is 0 Å². The van der Waals surface area contributed by atoms with Gasteiger partial charge in [0.2, 0.25) is 10.0 Å². The van der Waals surface area contributed by atoms with E-state index < -0.39 is 19.9 Å². The molecule has 1 rings (SSSR count). The molecule has 116 valence electrons. The summed E-state index contributed by atoms with van der Waals surface area (Å²) in [5.41, 5.74) is 0.341. The molecule has 0 spiro atoms. The van der Waals surface area contributed by atoms with Gasteiger partial charge in [0.15, 0.2) is 9.84 Å². The maximum absolute atomic E-state index is 12.0. The standard InChI is InChI=1S/C12H16N2O5S2/c1-2-20(16,17)7-5-14-21(18,19)12-8-11(4-3-6-15)9-13-10-12/h8-10,14-15H,2,5-7H2,1H3. The van der Waals surface area contributed by atoms with Gasteiger partial charge >= 0.3 is 0 Å². The number of pyridine rings is 1. The van der Waals surface area contributed by atoms with Crippen LogP contribution < -0.4 is 4.72 Å². The molecule has 0 saturated carbocycles. The third kappa shape index (κ3) is 5.81. The average Bonchev–Trinajstić information content (AvgIpc) is 2.45. The third-order valence-electron chi connectivity index (χ3n) is 2.48. The van der Waals surface area contributed by atoms with Crippen LogP contribution in [0.3, 0.4) is 0 Å². The van der Waals surface area contributed by atoms with E-state index in [0.29, 0.717) is 5.56 Å². The van der Waals surface area contributed by atoms with Crippen molar-refractivity contribution < 1.29 is 21.9 Å². The lowest BCUT2D eigenvalue weighted by Gasteiger charge is -2.06. The van der Waals surface area contributed by atoms with E-state index in [0.717, 1.165) is 6.20 Å². The number of hydrogen-bond acceptors (Lipinski definition) is 6. The van der Waals surface area contributed by atoms with Crippen LogP contribution >= 0.6 is 0 Å². The number of hydrogen-bond donors (Lipinski definition) is 2. The molecule has 21 heavy (non-hydrogen) atoms. The summed E-state index contributed by atoms with van der Waals surface area (Å²) < 4.78 is 48.8. The van der Waals surface area contributed by atoms with E-state index in [2.05, 4.69) is 21.5 Å². The molecule has 1 aromatic heterocycles. The van der Waals surface area contributed by atoms with Crippen LogP contribution in [0.25, 0.3) is 0 Å². The molecule has 0 atom stereocenters. The normalized spacial score (nSPS) is 11.7. The minimum Gasteiger partial charge on any atom is -0.384 e. The molecule has 1 aromatic rings. The van der Waals surface area contributed by atoms with E-state index >= 15 is 0 Å². The second-order valence-corrected chi connectivity index (χ2v) is 8.24. The number of aliphatic hydroxyl groups is 1. The lowest BCUT2D eigenvalue weighted by molar-refractivity contribution is 0.350. The highest BCUT2D eigenvalue weighted by atomic mass is 32.2. The molecule has 0 aliphatic heterocycles. The van der Waals surface area contributed by atoms with E-state index in [1.165, 1.54) is 19.2 Å². The molecule has 0 aromatic carbocycles. The summed E-state index contributed by atoms with van der Waals surface area (Å²) in [5.74, 6) is 4.63. The molecule has 9 heteroatoms. The van der Waals surface area contributed by atoms with Crippen LogP contribution in [0.1, 0.15) is 12.5 Å². The molecule has 0 unspecified atom stereocenters. The lowest BCUT2D eigenvalue weighted by Crippen LogP contribution is -2.29. The number of rotatable bonds is 6. The SMILES string of the molecule is CCS(=O)(=O)CCNS(=O)(=O)c1cncc(C#CCO)c1. The Balaban J connectivity index is 2.84. The fourth-order valence-corrected chi connectivity index (χ4v) is 3.19. The first kappa shape index (κ1) is 17.6. The minimum absolute atomic E-state index is 0.0392. The Morgan fingerprint density at radius 2 is 2.00 bits per heavy atom. The number of nitrogens with zero attached hydrogens (tertiary/aromatic N) is 1. The van der Waals surface area contributed by atoms with E-state index in [9.17, 15) is 16.8 Å². The van der Waals surface area contributed by atoms with Gasteiger partial charge in [0.1, 0.15) is 11.5 Å². The first-order valence-electron chi connectivity index (χ1n) is 6.05. The molecule has 2 N–H and O–H groups in total. The lowest BCUT2D eigenvalue weighted by atomic mass is 10.3. The summed E-state index contributed by atoms with van der Waals surface area (Å²) in [5, 5.41) is 8.59. The van der Waals surface area contributed by atoms with Crippen LogP contribution in [0.4, 0.5) is 0 Å². The van der Waals surface area contributed by atoms with Gasteiger partial charge in [-0.25, -0.2) is 21.6 Å². The first-order valence-corrected chi connectivity index (χ1v) is 9.36. The molecule has 0 aliphatic carbocycles. The van der Waals surface area contributed by atoms with Crippen molar-refractivity contribution in [1.29, 1.82) is 0 Å². The maximum atomic E-state index is 12.0. The molecule has 0 saturated heterocycles. The second-order valence-electron chi connectivity index (χ2n) is 4.00. The summed E-state index contributed by atoms with van der Waals surface area (Å²) >= 11 is 0. The Morgan fingerprint density at radius 1 is 1.29 bits per heavy atom. The third-order valence-corrected chi connectivity index (χ3v) is 5.61. The number of sulfonamides is 1. The monoisotopic (exact) mass is 332 g/mol. The van der Waals surface area contributed by atoms with Crippen molar-refractivity contribution in [3.63, 3.8) is 0 Å². The Hall–Kier alpha value is -1.47. The molecule has 0 fully saturated rings. The zero-order valence-electron chi connectivity index (χ0n) is 11.4. The van der Waals surface area contributed by atoms with Gasteiger partial charge in [0.25, 0.3) is 0 Å². The van der Waals surface area contributed by atoms with Gasteiger partial charge in [-0.1, -0.05) is 18.8 Å². The molecular weight excluding hydrogens is 316 g/mol. The highest BCUT2D eigenvalue weighted by molar-refractivity contribution is 7.91. The quantitative estimate of drug-likeness (QED) is 0.655. The molecule has 0 amide bonds. The Kier molecular flexibility index (Phi) is 6.29. The van der Waals surface area contributed by atoms with Crippen molar-refractivity contribution in [1.82, 2.24) is 9.71 Å². The summed E-state index contributed by atoms with van der Waals surface area (Å²) in [6.07, 6.45) is 2.50. The van der Waals surface area contributed by atoms with Crippen molar-refractivity contribution in [2.45, 2.75) is 11.8 Å². The van der Waals surface area contributed by atoms with Crippen LogP contribution in [-0.4, -0.2) is 51.6 Å². The summed E-state index contributed by atoms with van der Waals surface area (Å²) in [6.45, 7) is 0.951. The fourth-order valence-electron chi connectivity index (χ4n) is 1.33. The highest BCUT2D eigenvalue weighted by Gasteiger charge is 2.16. The van der Waals surface area contributed by atoms with Gasteiger partial charge in [-0.15, -0.1) is 0 Å². The molecule has 0 aliphatic rings. The Morgan fingerprint density at radius 3 is 2.62 bits per heavy atom. The van der Waals surface area contributed by atoms with E-state index in [1.54, 1.807) is 0 Å². The summed E-state index contributed by atoms with van der Waals surface area (Å²) in [6, 6.07) is 1.30. The molecule has 0 bridgehead atoms. The molecular formula is C12H16N2O5S2. The van der Waals surface area contributed by atoms with Crippen molar-refractivity contribution in [2.75, 3.05) is 24.7 Å². The Labute approximate surface area is 124 Å². The predicted molar refractivity (Wildman–Crippen MR) is 77.7 cm³/mol. The van der Waals surface area contributed by atoms with Gasteiger partial charge in [-0.2, -0.15) is 0 Å². The maximum Gasteiger partial charge on any atom is 0.242 e. The van der Waals surface area contributed by atoms with Crippen LogP contribution in [0.5, 0.6) is 0 Å².